The molecule has 1 amide bonds. The van der Waals surface area contributed by atoms with Crippen LogP contribution in [0.2, 0.25) is 0 Å². The largest absolute Gasteiger partial charge is 0.323 e. The highest BCUT2D eigenvalue weighted by Crippen LogP contribution is 2.26. The molecule has 1 rings (SSSR count). The second-order valence-corrected chi connectivity index (χ2v) is 4.34. The molecule has 0 saturated heterocycles. The van der Waals surface area contributed by atoms with Crippen molar-refractivity contribution in [3.05, 3.63) is 48.6 Å². The zero-order valence-corrected chi connectivity index (χ0v) is 10.6. The molecule has 96 valence electrons. The van der Waals surface area contributed by atoms with Crippen LogP contribution in [0.15, 0.2) is 53.5 Å². The maximum Gasteiger partial charge on any atom is 0.288 e. The van der Waals surface area contributed by atoms with E-state index in [1.165, 1.54) is 6.08 Å². The van der Waals surface area contributed by atoms with Gasteiger partial charge in [0.05, 0.1) is 0 Å². The molecule has 0 aliphatic rings. The normalized spacial score (nSPS) is 11.6. The van der Waals surface area contributed by atoms with E-state index < -0.39 is 5.76 Å². The molecule has 0 heterocycles. The van der Waals surface area contributed by atoms with Crippen LogP contribution in [0.3, 0.4) is 0 Å². The first kappa shape index (κ1) is 14.4. The van der Waals surface area contributed by atoms with Crippen molar-refractivity contribution in [3.8, 4) is 0 Å². The number of allylic oxidation sites excluding steroid dienone is 3. The number of hydrogen-bond acceptors (Lipinski definition) is 2. The van der Waals surface area contributed by atoms with E-state index in [0.717, 1.165) is 0 Å². The lowest BCUT2D eigenvalue weighted by atomic mass is 10.3. The molecule has 0 aliphatic heterocycles. The number of rotatable bonds is 5. The first-order valence-corrected chi connectivity index (χ1v) is 6.15. The van der Waals surface area contributed by atoms with Gasteiger partial charge in [0.15, 0.2) is 0 Å². The average Bonchev–Trinajstić information content (AvgIpc) is 2.31. The highest BCUT2D eigenvalue weighted by Gasteiger charge is 2.05. The topological polar surface area (TPSA) is 29.1 Å². The highest BCUT2D eigenvalue weighted by molar-refractivity contribution is 7.99. The summed E-state index contributed by atoms with van der Waals surface area (Å²) in [5, 5.41) is 2.62. The Hall–Kier alpha value is -1.62. The fourth-order valence-corrected chi connectivity index (χ4v) is 1.66. The number of carbonyl (C=O) groups is 1. The first-order valence-electron chi connectivity index (χ1n) is 5.27. The molecule has 5 heteroatoms. The maximum atomic E-state index is 12.1. The van der Waals surface area contributed by atoms with Crippen molar-refractivity contribution < 1.29 is 13.6 Å². The van der Waals surface area contributed by atoms with Crippen molar-refractivity contribution >= 4 is 23.4 Å². The maximum absolute atomic E-state index is 12.1. The smallest absolute Gasteiger partial charge is 0.288 e. The SMILES string of the molecule is C/C=C/C=C/C(=O)Nc1ccc(SC(F)F)cc1. The fraction of sp³-hybridized carbons (Fsp3) is 0.154. The van der Waals surface area contributed by atoms with Crippen LogP contribution >= 0.6 is 11.8 Å². The Kier molecular flexibility index (Phi) is 6.14. The van der Waals surface area contributed by atoms with Crippen LogP contribution in [0.25, 0.3) is 0 Å². The summed E-state index contributed by atoms with van der Waals surface area (Å²) in [5.41, 5.74) is 0.573. The van der Waals surface area contributed by atoms with Crippen LogP contribution < -0.4 is 5.32 Å². The van der Waals surface area contributed by atoms with E-state index >= 15 is 0 Å². The molecule has 1 aromatic carbocycles. The fourth-order valence-electron chi connectivity index (χ4n) is 1.16. The molecule has 0 radical (unpaired) electrons. The molecule has 0 atom stereocenters. The second kappa shape index (κ2) is 7.66. The van der Waals surface area contributed by atoms with Gasteiger partial charge in [-0.15, -0.1) is 0 Å². The summed E-state index contributed by atoms with van der Waals surface area (Å²) in [6.45, 7) is 1.85. The van der Waals surface area contributed by atoms with Crippen LogP contribution in [0.1, 0.15) is 6.92 Å². The summed E-state index contributed by atoms with van der Waals surface area (Å²) >= 11 is 0.474. The number of hydrogen-bond donors (Lipinski definition) is 1. The number of halogens is 2. The summed E-state index contributed by atoms with van der Waals surface area (Å²) in [6.07, 6.45) is 6.56. The van der Waals surface area contributed by atoms with Crippen molar-refractivity contribution in [2.75, 3.05) is 5.32 Å². The van der Waals surface area contributed by atoms with E-state index in [2.05, 4.69) is 5.32 Å². The van der Waals surface area contributed by atoms with Crippen LogP contribution in [0, 0.1) is 0 Å². The standard InChI is InChI=1S/C13H13F2NOS/c1-2-3-4-5-12(17)16-10-6-8-11(9-7-10)18-13(14)15/h2-9,13H,1H3,(H,16,17)/b3-2+,5-4+. The van der Waals surface area contributed by atoms with Crippen molar-refractivity contribution in [1.29, 1.82) is 0 Å². The Bertz CT molecular complexity index is 441. The number of alkyl halides is 2. The van der Waals surface area contributed by atoms with Gasteiger partial charge in [-0.2, -0.15) is 8.78 Å². The Labute approximate surface area is 109 Å². The van der Waals surface area contributed by atoms with Crippen molar-refractivity contribution in [2.45, 2.75) is 17.6 Å². The molecule has 0 bridgehead atoms. The Balaban J connectivity index is 2.55. The lowest BCUT2D eigenvalue weighted by Gasteiger charge is -2.03. The number of benzene rings is 1. The molecular formula is C13H13F2NOS. The van der Waals surface area contributed by atoms with E-state index in [-0.39, 0.29) is 5.91 Å². The minimum absolute atomic E-state index is 0.262. The van der Waals surface area contributed by atoms with E-state index in [4.69, 9.17) is 0 Å². The molecule has 0 aromatic heterocycles. The van der Waals surface area contributed by atoms with Crippen molar-refractivity contribution in [2.24, 2.45) is 0 Å². The zero-order chi connectivity index (χ0) is 13.4. The molecule has 0 unspecified atom stereocenters. The highest BCUT2D eigenvalue weighted by atomic mass is 32.2. The van der Waals surface area contributed by atoms with E-state index in [0.29, 0.717) is 22.3 Å². The van der Waals surface area contributed by atoms with E-state index in [1.54, 1.807) is 42.5 Å². The van der Waals surface area contributed by atoms with Gasteiger partial charge in [-0.3, -0.25) is 4.79 Å². The van der Waals surface area contributed by atoms with Crippen LogP contribution in [0.4, 0.5) is 14.5 Å². The second-order valence-electron chi connectivity index (χ2n) is 3.28. The summed E-state index contributed by atoms with van der Waals surface area (Å²) in [4.78, 5) is 11.9. The first-order chi connectivity index (χ1) is 8.61. The van der Waals surface area contributed by atoms with Crippen LogP contribution in [-0.4, -0.2) is 11.7 Å². The van der Waals surface area contributed by atoms with Crippen molar-refractivity contribution in [1.82, 2.24) is 0 Å². The van der Waals surface area contributed by atoms with Gasteiger partial charge in [0.1, 0.15) is 0 Å². The molecule has 0 fully saturated rings. The molecule has 0 spiro atoms. The predicted octanol–water partition coefficient (Wildman–Crippen LogP) is 4.07. The van der Waals surface area contributed by atoms with E-state index in [9.17, 15) is 13.6 Å². The number of amides is 1. The molecule has 1 aromatic rings. The van der Waals surface area contributed by atoms with Crippen molar-refractivity contribution in [3.63, 3.8) is 0 Å². The van der Waals surface area contributed by atoms with Gasteiger partial charge in [-0.25, -0.2) is 0 Å². The van der Waals surface area contributed by atoms with Gasteiger partial charge >= 0.3 is 0 Å². The van der Waals surface area contributed by atoms with Crippen LogP contribution in [0.5, 0.6) is 0 Å². The summed E-state index contributed by atoms with van der Waals surface area (Å²) < 4.78 is 24.2. The van der Waals surface area contributed by atoms with E-state index in [1.807, 2.05) is 6.92 Å². The lowest BCUT2D eigenvalue weighted by molar-refractivity contribution is -0.111. The van der Waals surface area contributed by atoms with Gasteiger partial charge in [0, 0.05) is 16.7 Å². The Morgan fingerprint density at radius 2 is 1.94 bits per heavy atom. The third-order valence-corrected chi connectivity index (χ3v) is 2.62. The average molecular weight is 269 g/mol. The summed E-state index contributed by atoms with van der Waals surface area (Å²) in [5.74, 6) is -2.70. The Morgan fingerprint density at radius 3 is 2.50 bits per heavy atom. The Morgan fingerprint density at radius 1 is 1.28 bits per heavy atom. The van der Waals surface area contributed by atoms with Gasteiger partial charge in [0.25, 0.3) is 5.76 Å². The monoisotopic (exact) mass is 269 g/mol. The summed E-state index contributed by atoms with van der Waals surface area (Å²) in [6, 6.07) is 6.27. The molecule has 2 nitrogen and oxygen atoms in total. The zero-order valence-electron chi connectivity index (χ0n) is 9.77. The molecule has 0 aliphatic carbocycles. The minimum Gasteiger partial charge on any atom is -0.323 e. The van der Waals surface area contributed by atoms with Gasteiger partial charge in [-0.05, 0) is 31.2 Å². The van der Waals surface area contributed by atoms with Gasteiger partial charge < -0.3 is 5.32 Å². The number of nitrogens with one attached hydrogen (secondary N) is 1. The number of thioether (sulfide) groups is 1. The third kappa shape index (κ3) is 5.63. The minimum atomic E-state index is -2.44. The number of carbonyl (C=O) groups excluding carboxylic acids is 1. The summed E-state index contributed by atoms with van der Waals surface area (Å²) in [7, 11) is 0. The quantitative estimate of drug-likeness (QED) is 0.496. The molecule has 1 N–H and O–H groups in total. The van der Waals surface area contributed by atoms with Crippen LogP contribution in [-0.2, 0) is 4.79 Å². The third-order valence-electron chi connectivity index (χ3n) is 1.90. The molecular weight excluding hydrogens is 256 g/mol. The molecule has 18 heavy (non-hydrogen) atoms. The van der Waals surface area contributed by atoms with Gasteiger partial charge in [-0.1, -0.05) is 30.0 Å². The lowest BCUT2D eigenvalue weighted by Crippen LogP contribution is -2.07. The predicted molar refractivity (Wildman–Crippen MR) is 70.9 cm³/mol. The van der Waals surface area contributed by atoms with Gasteiger partial charge in [0.2, 0.25) is 5.91 Å². The number of anilines is 1. The molecule has 0 saturated carbocycles.